The highest BCUT2D eigenvalue weighted by Gasteiger charge is 2.64. The fourth-order valence-corrected chi connectivity index (χ4v) is 4.06. The number of aromatic amines is 1. The van der Waals surface area contributed by atoms with Gasteiger partial charge in [-0.05, 0) is 19.1 Å². The number of hydrogen-bond donors (Lipinski definition) is 1. The first kappa shape index (κ1) is 24.2. The van der Waals surface area contributed by atoms with E-state index in [1.54, 1.807) is 18.2 Å². The lowest BCUT2D eigenvalue weighted by Crippen LogP contribution is -2.51. The Kier molecular flexibility index (Phi) is 6.25. The van der Waals surface area contributed by atoms with Crippen molar-refractivity contribution in [2.24, 2.45) is 0 Å². The third-order valence-corrected chi connectivity index (χ3v) is 5.76. The van der Waals surface area contributed by atoms with Crippen LogP contribution in [0.25, 0.3) is 21.8 Å². The number of hydrogen-bond acceptors (Lipinski definition) is 6. The molecule has 0 aliphatic carbocycles. The monoisotopic (exact) mass is 486 g/mol. The van der Waals surface area contributed by atoms with Crippen LogP contribution in [-0.2, 0) is 24.6 Å². The standard InChI is InChI=1S/C25H21F3N2O5/c1-14(35-23(32)24(34-3,25(26,27)28)15-9-5-4-6-10-15)20-21-17(13-19(30-20)22(31)33-2)16-11-7-8-12-18(16)29-21/h4-14,29H,1-3H3/t14-,24+/m0/s1. The van der Waals surface area contributed by atoms with Crippen molar-refractivity contribution in [3.63, 3.8) is 0 Å². The predicted octanol–water partition coefficient (Wildman–Crippen LogP) is 5.21. The van der Waals surface area contributed by atoms with Crippen LogP contribution in [0.1, 0.15) is 34.8 Å². The largest absolute Gasteiger partial charge is 0.464 e. The molecule has 0 unspecified atom stereocenters. The Balaban J connectivity index is 1.83. The highest BCUT2D eigenvalue weighted by atomic mass is 19.4. The second-order valence-corrected chi connectivity index (χ2v) is 7.77. The Hall–Kier alpha value is -3.92. The Morgan fingerprint density at radius 3 is 2.26 bits per heavy atom. The van der Waals surface area contributed by atoms with E-state index in [4.69, 9.17) is 14.2 Å². The van der Waals surface area contributed by atoms with Gasteiger partial charge in [0, 0.05) is 29.0 Å². The van der Waals surface area contributed by atoms with Crippen molar-refractivity contribution in [1.29, 1.82) is 0 Å². The van der Waals surface area contributed by atoms with E-state index in [-0.39, 0.29) is 11.4 Å². The topological polar surface area (TPSA) is 90.5 Å². The lowest BCUT2D eigenvalue weighted by molar-refractivity contribution is -0.278. The molecule has 0 saturated carbocycles. The molecule has 0 saturated heterocycles. The molecule has 2 heterocycles. The molecule has 2 aromatic heterocycles. The zero-order valence-corrected chi connectivity index (χ0v) is 19.0. The van der Waals surface area contributed by atoms with Crippen LogP contribution in [0.5, 0.6) is 0 Å². The van der Waals surface area contributed by atoms with Crippen LogP contribution >= 0.6 is 0 Å². The summed E-state index contributed by atoms with van der Waals surface area (Å²) in [5, 5.41) is 1.33. The number of H-pyrrole nitrogens is 1. The number of benzene rings is 2. The van der Waals surface area contributed by atoms with Gasteiger partial charge < -0.3 is 19.2 Å². The fourth-order valence-electron chi connectivity index (χ4n) is 4.06. The summed E-state index contributed by atoms with van der Waals surface area (Å²) in [4.78, 5) is 32.8. The first-order chi connectivity index (χ1) is 16.6. The number of rotatable bonds is 6. The van der Waals surface area contributed by atoms with E-state index in [9.17, 15) is 22.8 Å². The maximum absolute atomic E-state index is 14.3. The summed E-state index contributed by atoms with van der Waals surface area (Å²) >= 11 is 0. The van der Waals surface area contributed by atoms with E-state index in [0.717, 1.165) is 24.6 Å². The number of para-hydroxylation sites is 1. The number of methoxy groups -OCH3 is 2. The van der Waals surface area contributed by atoms with E-state index in [1.165, 1.54) is 38.3 Å². The molecule has 4 rings (SSSR count). The number of carbonyl (C=O) groups is 2. The van der Waals surface area contributed by atoms with Crippen molar-refractivity contribution >= 4 is 33.7 Å². The number of esters is 2. The first-order valence-corrected chi connectivity index (χ1v) is 10.5. The Morgan fingerprint density at radius 2 is 1.63 bits per heavy atom. The number of nitrogens with one attached hydrogen (secondary N) is 1. The molecule has 0 radical (unpaired) electrons. The molecule has 182 valence electrons. The van der Waals surface area contributed by atoms with Crippen molar-refractivity contribution in [1.82, 2.24) is 9.97 Å². The molecular formula is C25H21F3N2O5. The number of carbonyl (C=O) groups excluding carboxylic acids is 2. The second-order valence-electron chi connectivity index (χ2n) is 7.77. The van der Waals surface area contributed by atoms with Gasteiger partial charge in [0.15, 0.2) is 0 Å². The van der Waals surface area contributed by atoms with Crippen LogP contribution < -0.4 is 0 Å². The van der Waals surface area contributed by atoms with Gasteiger partial charge in [-0.2, -0.15) is 13.2 Å². The number of pyridine rings is 1. The van der Waals surface area contributed by atoms with E-state index in [1.807, 2.05) is 6.07 Å². The average molecular weight is 486 g/mol. The first-order valence-electron chi connectivity index (χ1n) is 10.5. The van der Waals surface area contributed by atoms with E-state index >= 15 is 0 Å². The quantitative estimate of drug-likeness (QED) is 0.376. The molecule has 1 N–H and O–H groups in total. The van der Waals surface area contributed by atoms with Gasteiger partial charge in [0.2, 0.25) is 0 Å². The minimum atomic E-state index is -5.13. The summed E-state index contributed by atoms with van der Waals surface area (Å²) in [7, 11) is 1.97. The molecule has 0 aliphatic rings. The molecular weight excluding hydrogens is 465 g/mol. The van der Waals surface area contributed by atoms with Gasteiger partial charge >= 0.3 is 18.1 Å². The van der Waals surface area contributed by atoms with E-state index in [2.05, 4.69) is 9.97 Å². The number of fused-ring (bicyclic) bond motifs is 3. The number of nitrogens with zero attached hydrogens (tertiary/aromatic N) is 1. The number of ether oxygens (including phenoxy) is 3. The Morgan fingerprint density at radius 1 is 0.971 bits per heavy atom. The molecule has 7 nitrogen and oxygen atoms in total. The summed E-state index contributed by atoms with van der Waals surface area (Å²) in [6.45, 7) is 1.37. The zero-order chi connectivity index (χ0) is 25.4. The lowest BCUT2D eigenvalue weighted by Gasteiger charge is -2.33. The Labute approximate surface area is 197 Å². The van der Waals surface area contributed by atoms with E-state index in [0.29, 0.717) is 16.4 Å². The number of halogens is 3. The number of alkyl halides is 3. The number of aromatic nitrogens is 2. The summed E-state index contributed by atoms with van der Waals surface area (Å²) in [5.74, 6) is -2.41. The SMILES string of the molecule is COC(=O)c1cc2c([nH]c3ccccc32)c([C@H](C)OC(=O)[C@](OC)(c2ccccc2)C(F)(F)F)n1. The van der Waals surface area contributed by atoms with Gasteiger partial charge in [0.1, 0.15) is 17.5 Å². The van der Waals surface area contributed by atoms with Crippen LogP contribution in [0, 0.1) is 0 Å². The second kappa shape index (κ2) is 9.03. The molecule has 4 aromatic rings. The lowest BCUT2D eigenvalue weighted by atomic mass is 9.92. The highest BCUT2D eigenvalue weighted by Crippen LogP contribution is 2.44. The molecule has 10 heteroatoms. The van der Waals surface area contributed by atoms with Gasteiger partial charge in [0.05, 0.1) is 12.6 Å². The van der Waals surface area contributed by atoms with Gasteiger partial charge in [0.25, 0.3) is 5.60 Å². The van der Waals surface area contributed by atoms with Crippen molar-refractivity contribution in [3.05, 3.63) is 77.6 Å². The maximum atomic E-state index is 14.3. The maximum Gasteiger partial charge on any atom is 0.432 e. The molecule has 35 heavy (non-hydrogen) atoms. The molecule has 0 fully saturated rings. The molecule has 2 aromatic carbocycles. The minimum absolute atomic E-state index is 0.0627. The summed E-state index contributed by atoms with van der Waals surface area (Å²) in [6.07, 6.45) is -6.42. The van der Waals surface area contributed by atoms with Gasteiger partial charge in [-0.25, -0.2) is 14.6 Å². The normalized spacial score (nSPS) is 14.5. The van der Waals surface area contributed by atoms with Crippen molar-refractivity contribution in [2.75, 3.05) is 14.2 Å². The Bertz CT molecular complexity index is 1400. The van der Waals surface area contributed by atoms with Crippen LogP contribution in [0.3, 0.4) is 0 Å². The van der Waals surface area contributed by atoms with E-state index < -0.39 is 35.4 Å². The van der Waals surface area contributed by atoms with Gasteiger partial charge in [-0.15, -0.1) is 0 Å². The van der Waals surface area contributed by atoms with Crippen LogP contribution in [0.2, 0.25) is 0 Å². The van der Waals surface area contributed by atoms with Crippen molar-refractivity contribution in [2.45, 2.75) is 24.8 Å². The summed E-state index contributed by atoms with van der Waals surface area (Å²) < 4.78 is 57.7. The molecule has 0 aliphatic heterocycles. The smallest absolute Gasteiger partial charge is 0.432 e. The minimum Gasteiger partial charge on any atom is -0.464 e. The average Bonchev–Trinajstić information content (AvgIpc) is 3.22. The van der Waals surface area contributed by atoms with Crippen LogP contribution in [0.15, 0.2) is 60.7 Å². The molecule has 0 spiro atoms. The third-order valence-electron chi connectivity index (χ3n) is 5.76. The molecule has 0 amide bonds. The fraction of sp³-hybridized carbons (Fsp3) is 0.240. The van der Waals surface area contributed by atoms with Crippen LogP contribution in [0.4, 0.5) is 13.2 Å². The summed E-state index contributed by atoms with van der Waals surface area (Å²) in [6, 6.07) is 15.2. The van der Waals surface area contributed by atoms with Gasteiger partial charge in [-0.1, -0.05) is 48.5 Å². The van der Waals surface area contributed by atoms with Crippen molar-refractivity contribution < 1.29 is 37.0 Å². The summed E-state index contributed by atoms with van der Waals surface area (Å²) in [5.41, 5.74) is -2.69. The molecule has 2 atom stereocenters. The van der Waals surface area contributed by atoms with Gasteiger partial charge in [-0.3, -0.25) is 0 Å². The third kappa shape index (κ3) is 3.99. The highest BCUT2D eigenvalue weighted by molar-refractivity contribution is 6.09. The van der Waals surface area contributed by atoms with Crippen LogP contribution in [-0.4, -0.2) is 42.3 Å². The predicted molar refractivity (Wildman–Crippen MR) is 121 cm³/mol. The molecule has 0 bridgehead atoms. The zero-order valence-electron chi connectivity index (χ0n) is 19.0. The van der Waals surface area contributed by atoms with Crippen molar-refractivity contribution in [3.8, 4) is 0 Å².